The predicted molar refractivity (Wildman–Crippen MR) is 66.7 cm³/mol. The molecule has 0 saturated carbocycles. The van der Waals surface area contributed by atoms with Crippen molar-refractivity contribution >= 4 is 33.4 Å². The quantitative estimate of drug-likeness (QED) is 0.747. The lowest BCUT2D eigenvalue weighted by atomic mass is 10.1. The Hall–Kier alpha value is -0.610. The van der Waals surface area contributed by atoms with Crippen molar-refractivity contribution in [2.75, 3.05) is 13.1 Å². The molecule has 0 atom stereocenters. The van der Waals surface area contributed by atoms with Gasteiger partial charge in [-0.25, -0.2) is 4.98 Å². The summed E-state index contributed by atoms with van der Waals surface area (Å²) < 4.78 is 0.744. The second-order valence-electron chi connectivity index (χ2n) is 3.80. The molecule has 2 rings (SSSR count). The Kier molecular flexibility index (Phi) is 3.82. The molecular formula is C11H12BrClN2O. The van der Waals surface area contributed by atoms with Gasteiger partial charge >= 0.3 is 0 Å². The highest BCUT2D eigenvalue weighted by Gasteiger charge is 2.24. The normalized spacial score (nSPS) is 17.5. The van der Waals surface area contributed by atoms with E-state index in [1.54, 1.807) is 12.3 Å². The maximum Gasteiger partial charge on any atom is 0.273 e. The summed E-state index contributed by atoms with van der Waals surface area (Å²) in [6, 6.07) is 3.63. The number of halogens is 2. The lowest BCUT2D eigenvalue weighted by Gasteiger charge is -2.29. The van der Waals surface area contributed by atoms with Crippen molar-refractivity contribution in [1.82, 2.24) is 9.88 Å². The van der Waals surface area contributed by atoms with Gasteiger partial charge in [0.05, 0.1) is 0 Å². The van der Waals surface area contributed by atoms with Crippen molar-refractivity contribution in [3.63, 3.8) is 0 Å². The maximum atomic E-state index is 12.1. The number of nitrogens with zero attached hydrogens (tertiary/aromatic N) is 2. The van der Waals surface area contributed by atoms with Gasteiger partial charge in [-0.15, -0.1) is 11.6 Å². The van der Waals surface area contributed by atoms with Crippen molar-refractivity contribution in [3.8, 4) is 0 Å². The number of carbonyl (C=O) groups is 1. The van der Waals surface area contributed by atoms with Gasteiger partial charge in [-0.2, -0.15) is 0 Å². The van der Waals surface area contributed by atoms with Crippen LogP contribution in [-0.2, 0) is 0 Å². The topological polar surface area (TPSA) is 33.2 Å². The number of carbonyl (C=O) groups excluding carboxylic acids is 1. The van der Waals surface area contributed by atoms with E-state index in [2.05, 4.69) is 20.9 Å². The first-order valence-corrected chi connectivity index (χ1v) is 6.45. The molecule has 86 valence electrons. The zero-order chi connectivity index (χ0) is 11.5. The van der Waals surface area contributed by atoms with Gasteiger partial charge in [0, 0.05) is 29.1 Å². The average molecular weight is 304 g/mol. The van der Waals surface area contributed by atoms with Crippen LogP contribution in [0, 0.1) is 0 Å². The summed E-state index contributed by atoms with van der Waals surface area (Å²) in [7, 11) is 0. The van der Waals surface area contributed by atoms with E-state index in [9.17, 15) is 4.79 Å². The molecule has 1 saturated heterocycles. The minimum absolute atomic E-state index is 0.0176. The second-order valence-corrected chi connectivity index (χ2v) is 5.27. The molecule has 0 N–H and O–H groups in total. The number of amides is 1. The third-order valence-electron chi connectivity index (χ3n) is 2.67. The molecule has 5 heteroatoms. The molecule has 1 aromatic heterocycles. The molecule has 1 aromatic rings. The van der Waals surface area contributed by atoms with Gasteiger partial charge in [-0.05, 0) is 40.9 Å². The number of hydrogen-bond acceptors (Lipinski definition) is 2. The fraction of sp³-hybridized carbons (Fsp3) is 0.455. The highest BCUT2D eigenvalue weighted by molar-refractivity contribution is 9.10. The van der Waals surface area contributed by atoms with Crippen molar-refractivity contribution in [3.05, 3.63) is 28.5 Å². The van der Waals surface area contributed by atoms with Crippen LogP contribution in [0.25, 0.3) is 0 Å². The van der Waals surface area contributed by atoms with E-state index in [1.165, 1.54) is 0 Å². The van der Waals surface area contributed by atoms with E-state index in [0.29, 0.717) is 5.69 Å². The Labute approximate surface area is 108 Å². The Morgan fingerprint density at radius 2 is 2.19 bits per heavy atom. The van der Waals surface area contributed by atoms with Crippen LogP contribution in [0.1, 0.15) is 23.3 Å². The number of rotatable bonds is 1. The van der Waals surface area contributed by atoms with Crippen molar-refractivity contribution in [1.29, 1.82) is 0 Å². The number of alkyl halides is 1. The molecule has 2 heterocycles. The van der Waals surface area contributed by atoms with Gasteiger partial charge in [0.2, 0.25) is 0 Å². The molecule has 0 unspecified atom stereocenters. The van der Waals surface area contributed by atoms with Crippen LogP contribution in [0.4, 0.5) is 0 Å². The molecule has 1 fully saturated rings. The molecule has 0 bridgehead atoms. The van der Waals surface area contributed by atoms with Crippen molar-refractivity contribution < 1.29 is 4.79 Å². The van der Waals surface area contributed by atoms with E-state index in [4.69, 9.17) is 11.6 Å². The molecule has 0 radical (unpaired) electrons. The first-order chi connectivity index (χ1) is 7.68. The minimum atomic E-state index is -0.0176. The van der Waals surface area contributed by atoms with E-state index < -0.39 is 0 Å². The highest BCUT2D eigenvalue weighted by atomic mass is 79.9. The molecular weight excluding hydrogens is 291 g/mol. The Bertz CT molecular complexity index is 391. The monoisotopic (exact) mass is 302 g/mol. The number of hydrogen-bond donors (Lipinski definition) is 0. The first-order valence-electron chi connectivity index (χ1n) is 5.22. The van der Waals surface area contributed by atoms with E-state index in [1.807, 2.05) is 11.0 Å². The minimum Gasteiger partial charge on any atom is -0.337 e. The zero-order valence-electron chi connectivity index (χ0n) is 8.70. The van der Waals surface area contributed by atoms with Gasteiger partial charge in [0.15, 0.2) is 0 Å². The molecule has 0 aromatic carbocycles. The van der Waals surface area contributed by atoms with Crippen molar-refractivity contribution in [2.45, 2.75) is 18.2 Å². The summed E-state index contributed by atoms with van der Waals surface area (Å²) >= 11 is 9.34. The van der Waals surface area contributed by atoms with Crippen LogP contribution in [-0.4, -0.2) is 34.3 Å². The molecule has 3 nitrogen and oxygen atoms in total. The summed E-state index contributed by atoms with van der Waals surface area (Å²) in [5, 5.41) is 0.205. The van der Waals surface area contributed by atoms with E-state index in [-0.39, 0.29) is 11.3 Å². The summed E-state index contributed by atoms with van der Waals surface area (Å²) in [5.41, 5.74) is 0.482. The summed E-state index contributed by atoms with van der Waals surface area (Å²) in [6.45, 7) is 1.44. The lowest BCUT2D eigenvalue weighted by molar-refractivity contribution is 0.0719. The molecule has 1 amide bonds. The maximum absolute atomic E-state index is 12.1. The zero-order valence-corrected chi connectivity index (χ0v) is 11.0. The fourth-order valence-electron chi connectivity index (χ4n) is 1.74. The number of pyridine rings is 1. The number of piperidine rings is 1. The van der Waals surface area contributed by atoms with Gasteiger partial charge in [-0.1, -0.05) is 0 Å². The molecule has 0 spiro atoms. The molecule has 0 aliphatic carbocycles. The second kappa shape index (κ2) is 5.15. The van der Waals surface area contributed by atoms with E-state index in [0.717, 1.165) is 30.4 Å². The summed E-state index contributed by atoms with van der Waals surface area (Å²) in [6.07, 6.45) is 3.35. The highest BCUT2D eigenvalue weighted by Crippen LogP contribution is 2.20. The van der Waals surface area contributed by atoms with Crippen LogP contribution in [0.5, 0.6) is 0 Å². The Morgan fingerprint density at radius 3 is 2.81 bits per heavy atom. The lowest BCUT2D eigenvalue weighted by Crippen LogP contribution is -2.39. The number of aromatic nitrogens is 1. The molecule has 1 aliphatic rings. The average Bonchev–Trinajstić information content (AvgIpc) is 2.30. The van der Waals surface area contributed by atoms with Gasteiger partial charge in [-0.3, -0.25) is 4.79 Å². The van der Waals surface area contributed by atoms with E-state index >= 15 is 0 Å². The SMILES string of the molecule is O=C(c1ncccc1Br)N1CCC(Cl)CC1. The van der Waals surface area contributed by atoms with Crippen LogP contribution in [0.15, 0.2) is 22.8 Å². The van der Waals surface area contributed by atoms with Gasteiger partial charge < -0.3 is 4.90 Å². The van der Waals surface area contributed by atoms with Crippen LogP contribution < -0.4 is 0 Å². The predicted octanol–water partition coefficient (Wildman–Crippen LogP) is 2.69. The standard InChI is InChI=1S/C11H12BrClN2O/c12-9-2-1-5-14-10(9)11(16)15-6-3-8(13)4-7-15/h1-2,5,8H,3-4,6-7H2. The first kappa shape index (κ1) is 11.9. The third-order valence-corrected chi connectivity index (χ3v) is 3.75. The smallest absolute Gasteiger partial charge is 0.273 e. The van der Waals surface area contributed by atoms with Crippen LogP contribution >= 0.6 is 27.5 Å². The number of likely N-dealkylation sites (tertiary alicyclic amines) is 1. The summed E-state index contributed by atoms with van der Waals surface area (Å²) in [4.78, 5) is 18.0. The van der Waals surface area contributed by atoms with Crippen LogP contribution in [0.2, 0.25) is 0 Å². The van der Waals surface area contributed by atoms with Crippen LogP contribution in [0.3, 0.4) is 0 Å². The third kappa shape index (κ3) is 2.55. The molecule has 16 heavy (non-hydrogen) atoms. The summed E-state index contributed by atoms with van der Waals surface area (Å²) in [5.74, 6) is -0.0176. The Morgan fingerprint density at radius 1 is 1.50 bits per heavy atom. The van der Waals surface area contributed by atoms with Crippen molar-refractivity contribution in [2.24, 2.45) is 0 Å². The van der Waals surface area contributed by atoms with Gasteiger partial charge in [0.25, 0.3) is 5.91 Å². The fourth-order valence-corrected chi connectivity index (χ4v) is 2.36. The molecule has 1 aliphatic heterocycles. The largest absolute Gasteiger partial charge is 0.337 e. The van der Waals surface area contributed by atoms with Gasteiger partial charge in [0.1, 0.15) is 5.69 Å². The Balaban J connectivity index is 2.11.